The Bertz CT molecular complexity index is 1440. The van der Waals surface area contributed by atoms with E-state index in [0.29, 0.717) is 5.82 Å². The highest BCUT2D eigenvalue weighted by Gasteiger charge is 2.11. The van der Waals surface area contributed by atoms with Crippen LogP contribution in [-0.2, 0) is 0 Å². The van der Waals surface area contributed by atoms with Gasteiger partial charge in [0.05, 0.1) is 11.4 Å². The van der Waals surface area contributed by atoms with Gasteiger partial charge in [0.15, 0.2) is 5.82 Å². The van der Waals surface area contributed by atoms with Crippen LogP contribution in [0.2, 0.25) is 0 Å². The average molecular weight is 467 g/mol. The Balaban J connectivity index is 1.77. The van der Waals surface area contributed by atoms with E-state index in [1.54, 1.807) is 6.08 Å². The highest BCUT2D eigenvalue weighted by molar-refractivity contribution is 5.78. The van der Waals surface area contributed by atoms with Crippen molar-refractivity contribution < 1.29 is 0 Å². The zero-order valence-electron chi connectivity index (χ0n) is 20.8. The largest absolute Gasteiger partial charge is 0.228 e. The molecule has 1 heterocycles. The number of hydrogen-bond acceptors (Lipinski definition) is 2. The van der Waals surface area contributed by atoms with E-state index in [0.717, 1.165) is 39.2 Å². The third kappa shape index (κ3) is 6.11. The third-order valence-corrected chi connectivity index (χ3v) is 5.69. The zero-order chi connectivity index (χ0) is 25.2. The van der Waals surface area contributed by atoms with Gasteiger partial charge >= 0.3 is 0 Å². The summed E-state index contributed by atoms with van der Waals surface area (Å²) in [4.78, 5) is 9.87. The summed E-state index contributed by atoms with van der Waals surface area (Å²) in [7, 11) is 0. The van der Waals surface area contributed by atoms with Crippen LogP contribution in [-0.4, -0.2) is 9.97 Å². The third-order valence-electron chi connectivity index (χ3n) is 5.69. The van der Waals surface area contributed by atoms with E-state index in [4.69, 9.17) is 9.97 Å². The normalized spacial score (nSPS) is 12.1. The van der Waals surface area contributed by atoms with Crippen LogP contribution in [0.4, 0.5) is 0 Å². The molecule has 0 amide bonds. The van der Waals surface area contributed by atoms with Gasteiger partial charge < -0.3 is 0 Å². The molecule has 0 fully saturated rings. The molecule has 3 aromatic carbocycles. The van der Waals surface area contributed by atoms with E-state index >= 15 is 0 Å². The number of hydrogen-bond donors (Lipinski definition) is 0. The molecule has 4 rings (SSSR count). The smallest absolute Gasteiger partial charge is 0.160 e. The molecule has 2 nitrogen and oxygen atoms in total. The molecule has 0 aliphatic carbocycles. The van der Waals surface area contributed by atoms with Crippen molar-refractivity contribution >= 4 is 11.6 Å². The Hall–Kier alpha value is -4.56. The van der Waals surface area contributed by atoms with Gasteiger partial charge in [-0.1, -0.05) is 128 Å². The Morgan fingerprint density at radius 2 is 1.44 bits per heavy atom. The second-order valence-corrected chi connectivity index (χ2v) is 8.27. The summed E-state index contributed by atoms with van der Waals surface area (Å²) in [6, 6.07) is 29.2. The topological polar surface area (TPSA) is 25.8 Å². The van der Waals surface area contributed by atoms with Crippen molar-refractivity contribution in [2.45, 2.75) is 13.8 Å². The summed E-state index contributed by atoms with van der Waals surface area (Å²) in [6.45, 7) is 7.78. The van der Waals surface area contributed by atoms with Crippen molar-refractivity contribution in [2.75, 3.05) is 0 Å². The average Bonchev–Trinajstić information content (AvgIpc) is 2.94. The fourth-order valence-electron chi connectivity index (χ4n) is 3.90. The van der Waals surface area contributed by atoms with Crippen molar-refractivity contribution in [3.63, 3.8) is 0 Å². The minimum Gasteiger partial charge on any atom is -0.228 e. The number of rotatable bonds is 8. The molecule has 0 aliphatic heterocycles. The summed E-state index contributed by atoms with van der Waals surface area (Å²) in [5, 5.41) is 0. The Morgan fingerprint density at radius 1 is 0.694 bits per heavy atom. The molecule has 0 atom stereocenters. The fraction of sp³-hybridized carbons (Fsp3) is 0.0588. The molecule has 176 valence electrons. The lowest BCUT2D eigenvalue weighted by Gasteiger charge is -2.10. The molecule has 0 saturated heterocycles. The summed E-state index contributed by atoms with van der Waals surface area (Å²) in [5.74, 6) is 0.713. The monoisotopic (exact) mass is 466 g/mol. The summed E-state index contributed by atoms with van der Waals surface area (Å²) >= 11 is 0. The molecule has 4 aromatic rings. The maximum atomic E-state index is 4.95. The molecule has 0 saturated carbocycles. The van der Waals surface area contributed by atoms with Crippen LogP contribution < -0.4 is 0 Å². The summed E-state index contributed by atoms with van der Waals surface area (Å²) < 4.78 is 0. The molecular formula is C34H30N2. The zero-order valence-corrected chi connectivity index (χ0v) is 20.8. The predicted molar refractivity (Wildman–Crippen MR) is 155 cm³/mol. The molecule has 36 heavy (non-hydrogen) atoms. The molecular weight excluding hydrogens is 436 g/mol. The maximum absolute atomic E-state index is 4.95. The van der Waals surface area contributed by atoms with Gasteiger partial charge in [-0.2, -0.15) is 0 Å². The van der Waals surface area contributed by atoms with Crippen LogP contribution in [0.1, 0.15) is 25.1 Å². The van der Waals surface area contributed by atoms with E-state index in [1.165, 1.54) is 5.56 Å². The van der Waals surface area contributed by atoms with Crippen LogP contribution >= 0.6 is 0 Å². The van der Waals surface area contributed by atoms with Gasteiger partial charge in [-0.05, 0) is 48.2 Å². The Morgan fingerprint density at radius 3 is 2.17 bits per heavy atom. The first kappa shape index (κ1) is 24.6. The summed E-state index contributed by atoms with van der Waals surface area (Å²) in [5.41, 5.74) is 8.34. The fourth-order valence-corrected chi connectivity index (χ4v) is 3.90. The van der Waals surface area contributed by atoms with Gasteiger partial charge in [0.1, 0.15) is 0 Å². The molecule has 2 heteroatoms. The van der Waals surface area contributed by atoms with E-state index in [2.05, 4.69) is 79.4 Å². The quantitative estimate of drug-likeness (QED) is 0.242. The van der Waals surface area contributed by atoms with Crippen molar-refractivity contribution in [3.8, 4) is 33.8 Å². The molecule has 1 aromatic heterocycles. The van der Waals surface area contributed by atoms with Crippen LogP contribution in [0.5, 0.6) is 0 Å². The van der Waals surface area contributed by atoms with Gasteiger partial charge in [0, 0.05) is 11.1 Å². The van der Waals surface area contributed by atoms with Crippen LogP contribution in [0.3, 0.4) is 0 Å². The molecule has 0 aliphatic rings. The molecule has 0 unspecified atom stereocenters. The van der Waals surface area contributed by atoms with E-state index in [-0.39, 0.29) is 0 Å². The molecule has 0 radical (unpaired) electrons. The minimum atomic E-state index is 0.713. The lowest BCUT2D eigenvalue weighted by atomic mass is 10.00. The number of allylic oxidation sites excluding steroid dienone is 8. The van der Waals surface area contributed by atoms with E-state index in [1.807, 2.05) is 68.5 Å². The second kappa shape index (κ2) is 12.2. The van der Waals surface area contributed by atoms with Crippen LogP contribution in [0.15, 0.2) is 134 Å². The Kier molecular flexibility index (Phi) is 8.35. The predicted octanol–water partition coefficient (Wildman–Crippen LogP) is 9.21. The van der Waals surface area contributed by atoms with Gasteiger partial charge in [0.2, 0.25) is 0 Å². The number of nitrogens with zero attached hydrogens (tertiary/aromatic N) is 2. The lowest BCUT2D eigenvalue weighted by molar-refractivity contribution is 1.16. The van der Waals surface area contributed by atoms with Gasteiger partial charge in [-0.15, -0.1) is 0 Å². The van der Waals surface area contributed by atoms with Crippen LogP contribution in [0, 0.1) is 0 Å². The van der Waals surface area contributed by atoms with Crippen molar-refractivity contribution in [1.82, 2.24) is 9.97 Å². The molecule has 0 N–H and O–H groups in total. The highest BCUT2D eigenvalue weighted by Crippen LogP contribution is 2.29. The SMILES string of the molecule is C=C/C=C\c1cccc(-c2ccc(-c3cc(C(/C=C\C)=C/C=C\C)nc(-c4ccccc4)n3)cc2)c1. The highest BCUT2D eigenvalue weighted by atomic mass is 14.9. The first-order valence-electron chi connectivity index (χ1n) is 12.1. The van der Waals surface area contributed by atoms with Crippen molar-refractivity contribution in [1.29, 1.82) is 0 Å². The van der Waals surface area contributed by atoms with E-state index in [9.17, 15) is 0 Å². The van der Waals surface area contributed by atoms with Crippen LogP contribution in [0.25, 0.3) is 45.4 Å². The maximum Gasteiger partial charge on any atom is 0.160 e. The summed E-state index contributed by atoms with van der Waals surface area (Å²) in [6.07, 6.45) is 16.0. The minimum absolute atomic E-state index is 0.713. The standard InChI is InChI=1S/C34H30N2/c1-4-7-14-26-15-12-19-31(24-26)27-20-22-29(23-21-27)33-25-32(28(13-6-3)16-8-5-2)35-34(36-33)30-17-10-9-11-18-30/h4-25H,1H2,2-3H3/b8-5-,13-6-,14-7-,28-16+. The lowest BCUT2D eigenvalue weighted by Crippen LogP contribution is -1.97. The number of aromatic nitrogens is 2. The van der Waals surface area contributed by atoms with Gasteiger partial charge in [-0.25, -0.2) is 9.97 Å². The van der Waals surface area contributed by atoms with Gasteiger partial charge in [-0.3, -0.25) is 0 Å². The van der Waals surface area contributed by atoms with E-state index < -0.39 is 0 Å². The second-order valence-electron chi connectivity index (χ2n) is 8.27. The van der Waals surface area contributed by atoms with Crippen molar-refractivity contribution in [2.24, 2.45) is 0 Å². The van der Waals surface area contributed by atoms with Gasteiger partial charge in [0.25, 0.3) is 0 Å². The Labute approximate surface area is 214 Å². The first-order chi connectivity index (χ1) is 17.7. The van der Waals surface area contributed by atoms with Crippen molar-refractivity contribution in [3.05, 3.63) is 145 Å². The molecule has 0 spiro atoms. The first-order valence-corrected chi connectivity index (χ1v) is 12.1. The number of benzene rings is 3. The molecule has 0 bridgehead atoms.